The van der Waals surface area contributed by atoms with Gasteiger partial charge in [0.25, 0.3) is 0 Å². The lowest BCUT2D eigenvalue weighted by atomic mass is 10.1. The first-order valence-electron chi connectivity index (χ1n) is 6.17. The van der Waals surface area contributed by atoms with Crippen LogP contribution in [0.25, 0.3) is 0 Å². The number of benzene rings is 1. The van der Waals surface area contributed by atoms with Crippen molar-refractivity contribution in [2.75, 3.05) is 11.9 Å². The minimum absolute atomic E-state index is 0.123. The van der Waals surface area contributed by atoms with Crippen LogP contribution in [0.1, 0.15) is 11.1 Å². The highest BCUT2D eigenvalue weighted by Gasteiger charge is 2.06. The first-order valence-corrected chi connectivity index (χ1v) is 6.17. The van der Waals surface area contributed by atoms with E-state index in [0.29, 0.717) is 19.0 Å². The van der Waals surface area contributed by atoms with E-state index in [1.54, 1.807) is 0 Å². The standard InChI is InChI=1S/C13H15N5O2/c14-6-5-10-1-3-11(4-2-10)7-15-13-16-8-12(9-17-13)18(19)20/h1-4,8-9H,5-7,14H2,(H,15,16,17). The molecule has 0 atom stereocenters. The molecule has 104 valence electrons. The van der Waals surface area contributed by atoms with Gasteiger partial charge in [-0.15, -0.1) is 0 Å². The molecule has 0 aliphatic rings. The van der Waals surface area contributed by atoms with Crippen LogP contribution in [-0.2, 0) is 13.0 Å². The van der Waals surface area contributed by atoms with Crippen molar-refractivity contribution in [1.82, 2.24) is 9.97 Å². The first-order chi connectivity index (χ1) is 9.69. The van der Waals surface area contributed by atoms with Crippen LogP contribution in [0.5, 0.6) is 0 Å². The topological polar surface area (TPSA) is 107 Å². The molecule has 0 saturated carbocycles. The number of nitrogens with two attached hydrogens (primary N) is 1. The highest BCUT2D eigenvalue weighted by Crippen LogP contribution is 2.10. The zero-order chi connectivity index (χ0) is 14.4. The molecule has 1 aromatic heterocycles. The number of rotatable bonds is 6. The summed E-state index contributed by atoms with van der Waals surface area (Å²) in [6, 6.07) is 8.06. The van der Waals surface area contributed by atoms with Crippen molar-refractivity contribution >= 4 is 11.6 Å². The van der Waals surface area contributed by atoms with Gasteiger partial charge in [-0.3, -0.25) is 10.1 Å². The van der Waals surface area contributed by atoms with Gasteiger partial charge in [0, 0.05) is 6.54 Å². The van der Waals surface area contributed by atoms with Crippen LogP contribution < -0.4 is 11.1 Å². The molecule has 0 bridgehead atoms. The van der Waals surface area contributed by atoms with Gasteiger partial charge in [0.1, 0.15) is 12.4 Å². The van der Waals surface area contributed by atoms with Crippen LogP contribution in [0, 0.1) is 10.1 Å². The molecular formula is C13H15N5O2. The van der Waals surface area contributed by atoms with Gasteiger partial charge >= 0.3 is 5.69 Å². The second-order valence-electron chi connectivity index (χ2n) is 4.23. The molecule has 20 heavy (non-hydrogen) atoms. The predicted molar refractivity (Wildman–Crippen MR) is 75.2 cm³/mol. The monoisotopic (exact) mass is 273 g/mol. The highest BCUT2D eigenvalue weighted by molar-refractivity contribution is 5.32. The van der Waals surface area contributed by atoms with E-state index in [-0.39, 0.29) is 5.69 Å². The minimum Gasteiger partial charge on any atom is -0.350 e. The molecule has 0 spiro atoms. The van der Waals surface area contributed by atoms with Crippen LogP contribution in [0.15, 0.2) is 36.7 Å². The Kier molecular flexibility index (Phi) is 4.56. The number of nitrogens with zero attached hydrogens (tertiary/aromatic N) is 3. The van der Waals surface area contributed by atoms with Gasteiger partial charge < -0.3 is 11.1 Å². The summed E-state index contributed by atoms with van der Waals surface area (Å²) in [5.74, 6) is 0.363. The third-order valence-electron chi connectivity index (χ3n) is 2.76. The summed E-state index contributed by atoms with van der Waals surface area (Å²) in [7, 11) is 0. The molecule has 0 aliphatic heterocycles. The fourth-order valence-corrected chi connectivity index (χ4v) is 1.68. The Morgan fingerprint density at radius 3 is 2.30 bits per heavy atom. The third kappa shape index (κ3) is 3.72. The first kappa shape index (κ1) is 13.9. The Balaban J connectivity index is 1.92. The van der Waals surface area contributed by atoms with E-state index < -0.39 is 4.92 Å². The zero-order valence-corrected chi connectivity index (χ0v) is 10.8. The lowest BCUT2D eigenvalue weighted by Gasteiger charge is -2.05. The Morgan fingerprint density at radius 1 is 1.15 bits per heavy atom. The van der Waals surface area contributed by atoms with E-state index in [2.05, 4.69) is 15.3 Å². The molecule has 0 saturated heterocycles. The molecule has 7 nitrogen and oxygen atoms in total. The Morgan fingerprint density at radius 2 is 1.75 bits per heavy atom. The lowest BCUT2D eigenvalue weighted by Crippen LogP contribution is -2.05. The third-order valence-corrected chi connectivity index (χ3v) is 2.76. The maximum Gasteiger partial charge on any atom is 0.305 e. The number of hydrogen-bond acceptors (Lipinski definition) is 6. The van der Waals surface area contributed by atoms with Gasteiger partial charge in [-0.2, -0.15) is 0 Å². The molecule has 7 heteroatoms. The SMILES string of the molecule is NCCc1ccc(CNc2ncc([N+](=O)[O-])cn2)cc1. The number of hydrogen-bond donors (Lipinski definition) is 2. The summed E-state index contributed by atoms with van der Waals surface area (Å²) in [4.78, 5) is 17.7. The van der Waals surface area contributed by atoms with Crippen LogP contribution >= 0.6 is 0 Å². The molecule has 0 fully saturated rings. The molecule has 2 aromatic rings. The fraction of sp³-hybridized carbons (Fsp3) is 0.231. The summed E-state index contributed by atoms with van der Waals surface area (Å²) in [6.45, 7) is 1.19. The Bertz CT molecular complexity index is 568. The van der Waals surface area contributed by atoms with E-state index in [0.717, 1.165) is 12.0 Å². The van der Waals surface area contributed by atoms with Crippen LogP contribution in [0.2, 0.25) is 0 Å². The molecule has 0 aliphatic carbocycles. The van der Waals surface area contributed by atoms with Crippen LogP contribution in [0.3, 0.4) is 0 Å². The quantitative estimate of drug-likeness (QED) is 0.610. The van der Waals surface area contributed by atoms with Crippen LogP contribution in [0.4, 0.5) is 11.6 Å². The smallest absolute Gasteiger partial charge is 0.305 e. The van der Waals surface area contributed by atoms with Crippen LogP contribution in [-0.4, -0.2) is 21.4 Å². The van der Waals surface area contributed by atoms with E-state index >= 15 is 0 Å². The molecule has 3 N–H and O–H groups in total. The summed E-state index contributed by atoms with van der Waals surface area (Å²) in [5, 5.41) is 13.5. The summed E-state index contributed by atoms with van der Waals surface area (Å²) in [5.41, 5.74) is 7.64. The molecular weight excluding hydrogens is 258 g/mol. The van der Waals surface area contributed by atoms with Crippen molar-refractivity contribution < 1.29 is 4.92 Å². The number of aromatic nitrogens is 2. The Labute approximate surface area is 116 Å². The summed E-state index contributed by atoms with van der Waals surface area (Å²) in [6.07, 6.45) is 3.22. The van der Waals surface area contributed by atoms with Crippen molar-refractivity contribution in [3.63, 3.8) is 0 Å². The van der Waals surface area contributed by atoms with Crippen molar-refractivity contribution in [2.45, 2.75) is 13.0 Å². The Hall–Kier alpha value is -2.54. The molecule has 1 aromatic carbocycles. The predicted octanol–water partition coefficient (Wildman–Crippen LogP) is 1.50. The van der Waals surface area contributed by atoms with Gasteiger partial charge in [-0.05, 0) is 24.1 Å². The number of anilines is 1. The van der Waals surface area contributed by atoms with E-state index in [9.17, 15) is 10.1 Å². The van der Waals surface area contributed by atoms with Crippen molar-refractivity contribution in [3.05, 3.63) is 57.9 Å². The number of nitro groups is 1. The normalized spacial score (nSPS) is 10.2. The molecule has 0 amide bonds. The molecule has 2 rings (SSSR count). The zero-order valence-electron chi connectivity index (χ0n) is 10.8. The van der Waals surface area contributed by atoms with Crippen molar-refractivity contribution in [3.8, 4) is 0 Å². The minimum atomic E-state index is -0.528. The van der Waals surface area contributed by atoms with Gasteiger partial charge in [0.05, 0.1) is 4.92 Å². The molecule has 0 radical (unpaired) electrons. The van der Waals surface area contributed by atoms with E-state index in [1.165, 1.54) is 18.0 Å². The molecule has 0 unspecified atom stereocenters. The maximum atomic E-state index is 10.5. The number of nitrogens with one attached hydrogen (secondary N) is 1. The average Bonchev–Trinajstić information content (AvgIpc) is 2.47. The van der Waals surface area contributed by atoms with Gasteiger partial charge in [0.15, 0.2) is 0 Å². The van der Waals surface area contributed by atoms with Crippen molar-refractivity contribution in [2.24, 2.45) is 5.73 Å². The second kappa shape index (κ2) is 6.58. The second-order valence-corrected chi connectivity index (χ2v) is 4.23. The van der Waals surface area contributed by atoms with E-state index in [4.69, 9.17) is 5.73 Å². The lowest BCUT2D eigenvalue weighted by molar-refractivity contribution is -0.385. The van der Waals surface area contributed by atoms with Gasteiger partial charge in [-0.1, -0.05) is 24.3 Å². The molecule has 1 heterocycles. The largest absolute Gasteiger partial charge is 0.350 e. The van der Waals surface area contributed by atoms with Gasteiger partial charge in [-0.25, -0.2) is 9.97 Å². The van der Waals surface area contributed by atoms with Gasteiger partial charge in [0.2, 0.25) is 5.95 Å². The summed E-state index contributed by atoms with van der Waals surface area (Å²) < 4.78 is 0. The average molecular weight is 273 g/mol. The van der Waals surface area contributed by atoms with Crippen molar-refractivity contribution in [1.29, 1.82) is 0 Å². The maximum absolute atomic E-state index is 10.5. The van der Waals surface area contributed by atoms with E-state index in [1.807, 2.05) is 24.3 Å². The summed E-state index contributed by atoms with van der Waals surface area (Å²) >= 11 is 0. The highest BCUT2D eigenvalue weighted by atomic mass is 16.6. The fourth-order valence-electron chi connectivity index (χ4n) is 1.68.